The van der Waals surface area contributed by atoms with Crippen LogP contribution in [0.4, 0.5) is 5.69 Å². The molecule has 1 unspecified atom stereocenters. The summed E-state index contributed by atoms with van der Waals surface area (Å²) in [7, 11) is 0. The van der Waals surface area contributed by atoms with Crippen LogP contribution >= 0.6 is 11.3 Å². The molecule has 1 atom stereocenters. The quantitative estimate of drug-likeness (QED) is 0.202. The van der Waals surface area contributed by atoms with Crippen LogP contribution < -0.4 is 19.9 Å². The average molecular weight is 496 g/mol. The van der Waals surface area contributed by atoms with E-state index >= 15 is 0 Å². The van der Waals surface area contributed by atoms with E-state index in [9.17, 15) is 20.2 Å². The topological polar surface area (TPSA) is 166 Å². The van der Waals surface area contributed by atoms with Crippen LogP contribution in [0.1, 0.15) is 52.7 Å². The molecule has 0 fully saturated rings. The number of benzene rings is 1. The molecule has 0 amide bonds. The van der Waals surface area contributed by atoms with E-state index in [0.29, 0.717) is 17.5 Å². The highest BCUT2D eigenvalue weighted by molar-refractivity contribution is 7.12. The number of hydrogen-bond acceptors (Lipinski definition) is 10. The summed E-state index contributed by atoms with van der Waals surface area (Å²) in [6, 6.07) is 8.06. The summed E-state index contributed by atoms with van der Waals surface area (Å²) in [4.78, 5) is 24.3. The van der Waals surface area contributed by atoms with Gasteiger partial charge in [0.25, 0.3) is 0 Å². The summed E-state index contributed by atoms with van der Waals surface area (Å²) >= 11 is 1.15. The largest absolute Gasteiger partial charge is 0.490 e. The molecule has 11 nitrogen and oxygen atoms in total. The van der Waals surface area contributed by atoms with Gasteiger partial charge >= 0.3 is 11.7 Å². The molecular weight excluding hydrogens is 474 g/mol. The first-order valence-electron chi connectivity index (χ1n) is 10.7. The maximum absolute atomic E-state index is 12.6. The Balaban J connectivity index is 1.91. The molecule has 0 bridgehead atoms. The Labute approximate surface area is 203 Å². The summed E-state index contributed by atoms with van der Waals surface area (Å²) < 4.78 is 16.6. The Morgan fingerprint density at radius 3 is 2.86 bits per heavy atom. The van der Waals surface area contributed by atoms with Crippen LogP contribution in [0.25, 0.3) is 0 Å². The molecule has 0 spiro atoms. The Morgan fingerprint density at radius 2 is 2.23 bits per heavy atom. The van der Waals surface area contributed by atoms with Gasteiger partial charge in [0.15, 0.2) is 5.75 Å². The number of nitrogens with one attached hydrogen (secondary N) is 1. The molecule has 35 heavy (non-hydrogen) atoms. The van der Waals surface area contributed by atoms with Gasteiger partial charge in [0, 0.05) is 17.3 Å². The van der Waals surface area contributed by atoms with Crippen molar-refractivity contribution in [2.24, 2.45) is 5.73 Å². The monoisotopic (exact) mass is 495 g/mol. The number of nitrogens with zero attached hydrogens (tertiary/aromatic N) is 3. The molecular formula is C23H21N5O6S. The molecule has 0 radical (unpaired) electrons. The van der Waals surface area contributed by atoms with Gasteiger partial charge in [0.2, 0.25) is 17.5 Å². The van der Waals surface area contributed by atoms with Crippen molar-refractivity contribution < 1.29 is 23.9 Å². The molecule has 2 aromatic heterocycles. The maximum Gasteiger partial charge on any atom is 0.354 e. The van der Waals surface area contributed by atoms with Crippen molar-refractivity contribution in [3.05, 3.63) is 72.9 Å². The number of nitriles is 1. The highest BCUT2D eigenvalue weighted by Crippen LogP contribution is 2.48. The normalized spacial score (nSPS) is 14.6. The lowest BCUT2D eigenvalue weighted by Gasteiger charge is -2.24. The minimum absolute atomic E-state index is 0.00829. The third kappa shape index (κ3) is 4.41. The number of hydrogen-bond donors (Lipinski definition) is 2. The number of aromatic nitrogens is 2. The maximum atomic E-state index is 12.6. The van der Waals surface area contributed by atoms with Crippen molar-refractivity contribution in [1.82, 2.24) is 10.2 Å². The van der Waals surface area contributed by atoms with Crippen LogP contribution in [-0.4, -0.2) is 27.7 Å². The lowest BCUT2D eigenvalue weighted by atomic mass is 9.83. The van der Waals surface area contributed by atoms with Crippen molar-refractivity contribution in [3.8, 4) is 23.4 Å². The van der Waals surface area contributed by atoms with Gasteiger partial charge in [-0.3, -0.25) is 15.2 Å². The SMILES string of the molecule is CCCc1[nH]nc2c1C(c1cc(OCC)c(OC(=O)c3cccs3)c([N+](=O)[O-])c1)C(C#N)=C(N)O2. The molecule has 12 heteroatoms. The zero-order valence-corrected chi connectivity index (χ0v) is 19.7. The second-order valence-corrected chi connectivity index (χ2v) is 8.47. The number of thiophene rings is 1. The summed E-state index contributed by atoms with van der Waals surface area (Å²) in [5.74, 6) is -1.82. The molecule has 4 rings (SSSR count). The first-order chi connectivity index (χ1) is 16.9. The average Bonchev–Trinajstić information content (AvgIpc) is 3.50. The lowest BCUT2D eigenvalue weighted by molar-refractivity contribution is -0.385. The number of ether oxygens (including phenoxy) is 3. The number of rotatable bonds is 8. The van der Waals surface area contributed by atoms with Crippen LogP contribution in [0.3, 0.4) is 0 Å². The number of nitro benzene ring substituents is 1. The van der Waals surface area contributed by atoms with Gasteiger partial charge in [-0.15, -0.1) is 16.4 Å². The Kier molecular flexibility index (Phi) is 6.70. The summed E-state index contributed by atoms with van der Waals surface area (Å²) in [5, 5.41) is 30.7. The molecule has 3 heterocycles. The zero-order valence-electron chi connectivity index (χ0n) is 18.9. The van der Waals surface area contributed by atoms with Gasteiger partial charge in [-0.25, -0.2) is 4.79 Å². The van der Waals surface area contributed by atoms with Gasteiger partial charge in [0.05, 0.1) is 17.4 Å². The Hall–Kier alpha value is -4.37. The predicted octanol–water partition coefficient (Wildman–Crippen LogP) is 4.17. The fraction of sp³-hybridized carbons (Fsp3) is 0.261. The molecule has 1 aliphatic rings. The van der Waals surface area contributed by atoms with Gasteiger partial charge in [-0.05, 0) is 36.4 Å². The fourth-order valence-electron chi connectivity index (χ4n) is 3.90. The van der Waals surface area contributed by atoms with Crippen LogP contribution in [0, 0.1) is 21.4 Å². The Bertz CT molecular complexity index is 1360. The lowest BCUT2D eigenvalue weighted by Crippen LogP contribution is -2.21. The third-order valence-corrected chi connectivity index (χ3v) is 6.17. The molecule has 0 saturated carbocycles. The van der Waals surface area contributed by atoms with Crippen molar-refractivity contribution in [1.29, 1.82) is 5.26 Å². The number of aromatic amines is 1. The van der Waals surface area contributed by atoms with E-state index in [-0.39, 0.29) is 40.3 Å². The third-order valence-electron chi connectivity index (χ3n) is 5.32. The molecule has 0 saturated heterocycles. The highest BCUT2D eigenvalue weighted by Gasteiger charge is 2.37. The van der Waals surface area contributed by atoms with E-state index in [2.05, 4.69) is 16.3 Å². The van der Waals surface area contributed by atoms with E-state index in [4.69, 9.17) is 19.9 Å². The molecule has 1 aromatic carbocycles. The smallest absolute Gasteiger partial charge is 0.354 e. The molecule has 0 aliphatic carbocycles. The van der Waals surface area contributed by atoms with Gasteiger partial charge < -0.3 is 19.9 Å². The highest BCUT2D eigenvalue weighted by atomic mass is 32.1. The fourth-order valence-corrected chi connectivity index (χ4v) is 4.49. The van der Waals surface area contributed by atoms with Crippen molar-refractivity contribution in [2.45, 2.75) is 32.6 Å². The van der Waals surface area contributed by atoms with Crippen molar-refractivity contribution in [2.75, 3.05) is 6.61 Å². The van der Waals surface area contributed by atoms with Crippen LogP contribution in [0.15, 0.2) is 41.1 Å². The Morgan fingerprint density at radius 1 is 1.43 bits per heavy atom. The minimum Gasteiger partial charge on any atom is -0.490 e. The standard InChI is InChI=1S/C23H21N5O6S/c1-3-6-14-19-18(13(11-24)21(25)34-22(19)27-26-14)12-9-15(28(30)31)20(16(10-12)32-4-2)33-23(29)17-7-5-8-35-17/h5,7-10,18H,3-4,6,25H2,1-2H3,(H,26,27). The number of allylic oxidation sites excluding steroid dienone is 1. The summed E-state index contributed by atoms with van der Waals surface area (Å²) in [6.45, 7) is 3.83. The number of H-pyrrole nitrogens is 1. The molecule has 3 N–H and O–H groups in total. The number of nitrogens with two attached hydrogens (primary N) is 1. The van der Waals surface area contributed by atoms with E-state index in [1.54, 1.807) is 24.4 Å². The van der Waals surface area contributed by atoms with E-state index < -0.39 is 22.5 Å². The molecule has 180 valence electrons. The number of fused-ring (bicyclic) bond motifs is 1. The number of carbonyl (C=O) groups is 1. The van der Waals surface area contributed by atoms with Gasteiger partial charge in [0.1, 0.15) is 16.5 Å². The summed E-state index contributed by atoms with van der Waals surface area (Å²) in [5.41, 5.74) is 7.24. The first-order valence-corrected chi connectivity index (χ1v) is 11.6. The minimum atomic E-state index is -0.802. The van der Waals surface area contributed by atoms with Crippen LogP contribution in [0.5, 0.6) is 17.4 Å². The second-order valence-electron chi connectivity index (χ2n) is 7.52. The number of esters is 1. The van der Waals surface area contributed by atoms with Crippen LogP contribution in [0.2, 0.25) is 0 Å². The number of nitro groups is 1. The van der Waals surface area contributed by atoms with E-state index in [1.807, 2.05) is 6.92 Å². The summed E-state index contributed by atoms with van der Waals surface area (Å²) in [6.07, 6.45) is 1.39. The molecule has 3 aromatic rings. The van der Waals surface area contributed by atoms with Crippen molar-refractivity contribution in [3.63, 3.8) is 0 Å². The van der Waals surface area contributed by atoms with Crippen LogP contribution in [-0.2, 0) is 6.42 Å². The van der Waals surface area contributed by atoms with Gasteiger partial charge in [-0.2, -0.15) is 5.26 Å². The first kappa shape index (κ1) is 23.8. The van der Waals surface area contributed by atoms with E-state index in [1.165, 1.54) is 12.1 Å². The van der Waals surface area contributed by atoms with Crippen molar-refractivity contribution >= 4 is 23.0 Å². The number of carbonyl (C=O) groups excluding carboxylic acids is 1. The van der Waals surface area contributed by atoms with E-state index in [0.717, 1.165) is 23.5 Å². The molecule has 1 aliphatic heterocycles. The zero-order chi connectivity index (χ0) is 25.1. The number of aryl methyl sites for hydroxylation is 1. The second kappa shape index (κ2) is 9.86. The van der Waals surface area contributed by atoms with Gasteiger partial charge in [-0.1, -0.05) is 19.4 Å². The predicted molar refractivity (Wildman–Crippen MR) is 125 cm³/mol.